The Labute approximate surface area is 161 Å². The Kier molecular flexibility index (Phi) is 7.38. The van der Waals surface area contributed by atoms with Gasteiger partial charge in [-0.3, -0.25) is 4.90 Å². The van der Waals surface area contributed by atoms with E-state index in [9.17, 15) is 0 Å². The average Bonchev–Trinajstić information content (AvgIpc) is 2.69. The molecule has 0 N–H and O–H groups in total. The zero-order chi connectivity index (χ0) is 18.2. The number of ether oxygens (including phenoxy) is 2. The molecule has 0 aliphatic carbocycles. The third-order valence-corrected chi connectivity index (χ3v) is 5.74. The van der Waals surface area contributed by atoms with Gasteiger partial charge in [0.05, 0.1) is 24.6 Å². The van der Waals surface area contributed by atoms with Gasteiger partial charge in [0.15, 0.2) is 0 Å². The second-order valence-electron chi connectivity index (χ2n) is 6.37. The van der Waals surface area contributed by atoms with Crippen LogP contribution in [0.1, 0.15) is 6.42 Å². The molecule has 2 aromatic rings. The summed E-state index contributed by atoms with van der Waals surface area (Å²) in [7, 11) is 3.52. The second kappa shape index (κ2) is 9.97. The molecule has 5 heteroatoms. The van der Waals surface area contributed by atoms with Crippen molar-refractivity contribution in [2.45, 2.75) is 16.2 Å². The van der Waals surface area contributed by atoms with Crippen molar-refractivity contribution >= 4 is 23.1 Å². The quantitative estimate of drug-likeness (QED) is 0.620. The van der Waals surface area contributed by atoms with Crippen LogP contribution in [-0.2, 0) is 9.47 Å². The molecule has 0 amide bonds. The lowest BCUT2D eigenvalue weighted by Gasteiger charge is -2.33. The molecule has 3 rings (SSSR count). The molecule has 0 saturated carbocycles. The van der Waals surface area contributed by atoms with E-state index in [0.29, 0.717) is 0 Å². The van der Waals surface area contributed by atoms with E-state index >= 15 is 0 Å². The SMILES string of the molecule is COCCN(CCCN1c2ccccc2Sc2ccccc21)CCOC. The van der Waals surface area contributed by atoms with Crippen LogP contribution in [0, 0.1) is 0 Å². The van der Waals surface area contributed by atoms with Crippen LogP contribution in [0.4, 0.5) is 11.4 Å². The van der Waals surface area contributed by atoms with Crippen LogP contribution >= 0.6 is 11.8 Å². The van der Waals surface area contributed by atoms with Crippen molar-refractivity contribution < 1.29 is 9.47 Å². The number of fused-ring (bicyclic) bond motifs is 2. The highest BCUT2D eigenvalue weighted by atomic mass is 32.2. The highest BCUT2D eigenvalue weighted by Gasteiger charge is 2.22. The number of hydrogen-bond donors (Lipinski definition) is 0. The Morgan fingerprint density at radius 3 is 1.88 bits per heavy atom. The fraction of sp³-hybridized carbons (Fsp3) is 0.429. The maximum Gasteiger partial charge on any atom is 0.0589 e. The predicted octanol–water partition coefficient (Wildman–Crippen LogP) is 4.27. The minimum absolute atomic E-state index is 0.760. The van der Waals surface area contributed by atoms with Crippen LogP contribution in [0.5, 0.6) is 0 Å². The maximum absolute atomic E-state index is 5.25. The number of rotatable bonds is 10. The number of benzene rings is 2. The number of hydrogen-bond acceptors (Lipinski definition) is 5. The molecule has 2 aromatic carbocycles. The molecule has 4 nitrogen and oxygen atoms in total. The molecule has 1 aliphatic heterocycles. The minimum Gasteiger partial charge on any atom is -0.383 e. The van der Waals surface area contributed by atoms with Gasteiger partial charge in [0.2, 0.25) is 0 Å². The Hall–Kier alpha value is -1.53. The summed E-state index contributed by atoms with van der Waals surface area (Å²) in [5.74, 6) is 0. The van der Waals surface area contributed by atoms with Gasteiger partial charge in [0.25, 0.3) is 0 Å². The number of nitrogens with zero attached hydrogens (tertiary/aromatic N) is 2. The maximum atomic E-state index is 5.25. The molecule has 0 bridgehead atoms. The fourth-order valence-corrected chi connectivity index (χ4v) is 4.35. The molecule has 0 unspecified atom stereocenters. The first-order valence-electron chi connectivity index (χ1n) is 9.17. The second-order valence-corrected chi connectivity index (χ2v) is 7.45. The zero-order valence-corrected chi connectivity index (χ0v) is 16.5. The lowest BCUT2D eigenvalue weighted by Crippen LogP contribution is -2.33. The number of methoxy groups -OCH3 is 2. The van der Waals surface area contributed by atoms with Gasteiger partial charge in [-0.1, -0.05) is 36.0 Å². The Morgan fingerprint density at radius 1 is 0.808 bits per heavy atom. The molecule has 0 atom stereocenters. The fourth-order valence-electron chi connectivity index (χ4n) is 3.25. The summed E-state index contributed by atoms with van der Waals surface area (Å²) in [5.41, 5.74) is 2.63. The van der Waals surface area contributed by atoms with Gasteiger partial charge in [-0.05, 0) is 30.7 Å². The van der Waals surface area contributed by atoms with E-state index in [2.05, 4.69) is 58.3 Å². The normalized spacial score (nSPS) is 13.0. The van der Waals surface area contributed by atoms with Crippen molar-refractivity contribution in [3.8, 4) is 0 Å². The van der Waals surface area contributed by atoms with Crippen molar-refractivity contribution in [1.82, 2.24) is 4.90 Å². The Morgan fingerprint density at radius 2 is 1.35 bits per heavy atom. The van der Waals surface area contributed by atoms with Gasteiger partial charge in [-0.25, -0.2) is 0 Å². The van der Waals surface area contributed by atoms with E-state index in [1.54, 1.807) is 14.2 Å². The predicted molar refractivity (Wildman–Crippen MR) is 109 cm³/mol. The molecule has 1 heterocycles. The molecule has 140 valence electrons. The summed E-state index contributed by atoms with van der Waals surface area (Å²) in [6, 6.07) is 17.4. The number of para-hydroxylation sites is 2. The minimum atomic E-state index is 0.760. The average molecular weight is 373 g/mol. The van der Waals surface area contributed by atoms with E-state index in [1.807, 2.05) is 11.8 Å². The van der Waals surface area contributed by atoms with Gasteiger partial charge in [-0.2, -0.15) is 0 Å². The standard InChI is InChI=1S/C21H28N2O2S/c1-24-16-14-22(15-17-25-2)12-7-13-23-18-8-3-5-10-20(18)26-21-11-6-4-9-19(21)23/h3-6,8-11H,7,12-17H2,1-2H3. The lowest BCUT2D eigenvalue weighted by atomic mass is 10.2. The van der Waals surface area contributed by atoms with E-state index in [4.69, 9.17) is 9.47 Å². The molecule has 0 fully saturated rings. The van der Waals surface area contributed by atoms with Crippen molar-refractivity contribution in [2.75, 3.05) is 58.5 Å². The van der Waals surface area contributed by atoms with Crippen LogP contribution in [0.2, 0.25) is 0 Å². The zero-order valence-electron chi connectivity index (χ0n) is 15.7. The molecule has 26 heavy (non-hydrogen) atoms. The van der Waals surface area contributed by atoms with Crippen molar-refractivity contribution in [3.63, 3.8) is 0 Å². The summed E-state index contributed by atoms with van der Waals surface area (Å²) in [6.07, 6.45) is 1.10. The van der Waals surface area contributed by atoms with Crippen LogP contribution in [0.3, 0.4) is 0 Å². The highest BCUT2D eigenvalue weighted by molar-refractivity contribution is 7.99. The van der Waals surface area contributed by atoms with Crippen LogP contribution in [-0.4, -0.2) is 58.5 Å². The van der Waals surface area contributed by atoms with E-state index < -0.39 is 0 Å². The molecular weight excluding hydrogens is 344 g/mol. The van der Waals surface area contributed by atoms with Gasteiger partial charge in [-0.15, -0.1) is 0 Å². The van der Waals surface area contributed by atoms with Crippen molar-refractivity contribution in [1.29, 1.82) is 0 Å². The van der Waals surface area contributed by atoms with E-state index in [-0.39, 0.29) is 0 Å². The van der Waals surface area contributed by atoms with Crippen LogP contribution in [0.25, 0.3) is 0 Å². The van der Waals surface area contributed by atoms with E-state index in [1.165, 1.54) is 21.2 Å². The first kappa shape index (κ1) is 19.2. The molecular formula is C21H28N2O2S. The molecule has 1 aliphatic rings. The number of anilines is 2. The van der Waals surface area contributed by atoms with Gasteiger partial charge >= 0.3 is 0 Å². The smallest absolute Gasteiger partial charge is 0.0589 e. The van der Waals surface area contributed by atoms with Gasteiger partial charge < -0.3 is 14.4 Å². The lowest BCUT2D eigenvalue weighted by molar-refractivity contribution is 0.114. The van der Waals surface area contributed by atoms with Crippen LogP contribution in [0.15, 0.2) is 58.3 Å². The first-order valence-corrected chi connectivity index (χ1v) is 9.99. The molecule has 0 saturated heterocycles. The highest BCUT2D eigenvalue weighted by Crippen LogP contribution is 2.47. The van der Waals surface area contributed by atoms with Crippen LogP contribution < -0.4 is 4.90 Å². The summed E-state index contributed by atoms with van der Waals surface area (Å²) >= 11 is 1.86. The summed E-state index contributed by atoms with van der Waals surface area (Å²) in [6.45, 7) is 5.46. The molecule has 0 aromatic heterocycles. The Balaban J connectivity index is 1.67. The molecule has 0 spiro atoms. The van der Waals surface area contributed by atoms with Crippen molar-refractivity contribution in [2.24, 2.45) is 0 Å². The van der Waals surface area contributed by atoms with Gasteiger partial charge in [0.1, 0.15) is 0 Å². The largest absolute Gasteiger partial charge is 0.383 e. The monoisotopic (exact) mass is 372 g/mol. The topological polar surface area (TPSA) is 24.9 Å². The Bertz CT molecular complexity index is 642. The summed E-state index contributed by atoms with van der Waals surface area (Å²) in [5, 5.41) is 0. The third kappa shape index (κ3) is 4.80. The summed E-state index contributed by atoms with van der Waals surface area (Å²) < 4.78 is 10.5. The summed E-state index contributed by atoms with van der Waals surface area (Å²) in [4.78, 5) is 7.55. The van der Waals surface area contributed by atoms with Gasteiger partial charge in [0, 0.05) is 50.2 Å². The third-order valence-electron chi connectivity index (χ3n) is 4.61. The van der Waals surface area contributed by atoms with Crippen molar-refractivity contribution in [3.05, 3.63) is 48.5 Å². The van der Waals surface area contributed by atoms with E-state index in [0.717, 1.165) is 45.8 Å². The first-order chi connectivity index (χ1) is 12.8. The molecule has 0 radical (unpaired) electrons.